The van der Waals surface area contributed by atoms with E-state index in [0.29, 0.717) is 0 Å². The van der Waals surface area contributed by atoms with Crippen LogP contribution in [-0.2, 0) is 42.7 Å². The molecule has 0 aliphatic carbocycles. The van der Waals surface area contributed by atoms with Gasteiger partial charge in [0.25, 0.3) is 0 Å². The normalized spacial score (nSPS) is 47.8. The van der Waals surface area contributed by atoms with Gasteiger partial charge >= 0.3 is 0 Å². The Morgan fingerprint density at radius 3 is 1.49 bits per heavy atom. The Balaban J connectivity index is 1.50. The molecule has 0 radical (unpaired) electrons. The van der Waals surface area contributed by atoms with Gasteiger partial charge in [0.05, 0.1) is 26.4 Å². The first-order valence-corrected chi connectivity index (χ1v) is 16.1. The molecular formula is C28H48N2O21. The second kappa shape index (κ2) is 18.0. The zero-order valence-corrected chi connectivity index (χ0v) is 27.4. The van der Waals surface area contributed by atoms with Crippen molar-refractivity contribution in [3.05, 3.63) is 0 Å². The second-order valence-corrected chi connectivity index (χ2v) is 12.7. The van der Waals surface area contributed by atoms with Crippen molar-refractivity contribution in [3.8, 4) is 0 Å². The first-order valence-electron chi connectivity index (χ1n) is 16.1. The van der Waals surface area contributed by atoms with E-state index >= 15 is 0 Å². The highest BCUT2D eigenvalue weighted by Crippen LogP contribution is 2.33. The van der Waals surface area contributed by atoms with Crippen LogP contribution < -0.4 is 10.6 Å². The molecule has 4 aliphatic rings. The summed E-state index contributed by atoms with van der Waals surface area (Å²) in [6.07, 6.45) is -30.9. The van der Waals surface area contributed by atoms with Crippen LogP contribution in [-0.4, -0.2) is 222 Å². The lowest BCUT2D eigenvalue weighted by Gasteiger charge is -2.49. The molecule has 0 aromatic heterocycles. The highest BCUT2D eigenvalue weighted by Gasteiger charge is 2.54. The molecule has 0 unspecified atom stereocenters. The maximum Gasteiger partial charge on any atom is 0.217 e. The van der Waals surface area contributed by atoms with Crippen molar-refractivity contribution < 1.29 is 104 Å². The molecule has 0 bridgehead atoms. The minimum absolute atomic E-state index is 0.656. The van der Waals surface area contributed by atoms with Gasteiger partial charge in [0.2, 0.25) is 11.8 Å². The minimum atomic E-state index is -2.00. The molecule has 0 saturated carbocycles. The monoisotopic (exact) mass is 748 g/mol. The van der Waals surface area contributed by atoms with E-state index in [9.17, 15) is 70.9 Å². The van der Waals surface area contributed by atoms with Crippen LogP contribution in [0.3, 0.4) is 0 Å². The van der Waals surface area contributed by atoms with E-state index in [1.165, 1.54) is 0 Å². The van der Waals surface area contributed by atoms with E-state index in [0.717, 1.165) is 13.8 Å². The minimum Gasteiger partial charge on any atom is -0.394 e. The summed E-state index contributed by atoms with van der Waals surface area (Å²) >= 11 is 0. The van der Waals surface area contributed by atoms with Crippen LogP contribution in [0.15, 0.2) is 0 Å². The number of hydrogen-bond acceptors (Lipinski definition) is 21. The Labute approximate surface area is 289 Å². The summed E-state index contributed by atoms with van der Waals surface area (Å²) in [7, 11) is 0. The second-order valence-electron chi connectivity index (χ2n) is 12.7. The molecule has 23 heteroatoms. The molecule has 20 atom stereocenters. The molecule has 4 saturated heterocycles. The Kier molecular flexibility index (Phi) is 14.8. The highest BCUT2D eigenvalue weighted by atomic mass is 16.8. The number of ether oxygens (including phenoxy) is 7. The van der Waals surface area contributed by atoms with Crippen LogP contribution in [0, 0.1) is 0 Å². The van der Waals surface area contributed by atoms with Crippen molar-refractivity contribution in [3.63, 3.8) is 0 Å². The van der Waals surface area contributed by atoms with Gasteiger partial charge in [-0.1, -0.05) is 0 Å². The summed E-state index contributed by atoms with van der Waals surface area (Å²) in [5.74, 6) is -1.39. The average Bonchev–Trinajstić information content (AvgIpc) is 3.09. The number of hydrogen-bond donors (Lipinski definition) is 14. The fraction of sp³-hybridized carbons (Fsp3) is 0.929. The summed E-state index contributed by atoms with van der Waals surface area (Å²) in [5.41, 5.74) is 0. The third-order valence-electron chi connectivity index (χ3n) is 8.99. The number of rotatable bonds is 12. The average molecular weight is 749 g/mol. The van der Waals surface area contributed by atoms with Gasteiger partial charge in [0, 0.05) is 13.8 Å². The van der Waals surface area contributed by atoms with Crippen LogP contribution in [0.4, 0.5) is 0 Å². The van der Waals surface area contributed by atoms with Crippen LogP contribution in [0.2, 0.25) is 0 Å². The molecule has 0 spiro atoms. The fourth-order valence-corrected chi connectivity index (χ4v) is 6.25. The summed E-state index contributed by atoms with van der Waals surface area (Å²) in [6, 6.07) is -3.02. The first-order chi connectivity index (χ1) is 24.0. The SMILES string of the molecule is CC(=O)N[C@@H]1[C@@H](O)[C@H](O[C@@H]2O[C@H](CO)[C@@H](O[C@@H]3O[C@H](CO[C@H]4O[C@H](CO)[C@@H](O)[C@H](O)[C@@H]4O)[C@@H](O)[C@H](O)[C@@H]3O)[C@H](O)[C@H]2NC(C)=O)[C@@H](CO)O[C@H]1O. The third kappa shape index (κ3) is 9.29. The van der Waals surface area contributed by atoms with Crippen molar-refractivity contribution in [2.75, 3.05) is 26.4 Å². The van der Waals surface area contributed by atoms with Gasteiger partial charge < -0.3 is 105 Å². The number of amides is 2. The first kappa shape index (κ1) is 41.9. The van der Waals surface area contributed by atoms with Gasteiger partial charge in [0.15, 0.2) is 25.2 Å². The summed E-state index contributed by atoms with van der Waals surface area (Å²) in [5, 5.41) is 129. The van der Waals surface area contributed by atoms with Crippen LogP contribution in [0.1, 0.15) is 13.8 Å². The third-order valence-corrected chi connectivity index (χ3v) is 8.99. The maximum absolute atomic E-state index is 12.2. The van der Waals surface area contributed by atoms with E-state index in [-0.39, 0.29) is 0 Å². The van der Waals surface area contributed by atoms with Crippen LogP contribution >= 0.6 is 0 Å². The smallest absolute Gasteiger partial charge is 0.217 e. The lowest BCUT2D eigenvalue weighted by atomic mass is 9.94. The van der Waals surface area contributed by atoms with Crippen molar-refractivity contribution in [1.29, 1.82) is 0 Å². The number of carbonyl (C=O) groups excluding carboxylic acids is 2. The van der Waals surface area contributed by atoms with Gasteiger partial charge in [-0.05, 0) is 0 Å². The Morgan fingerprint density at radius 1 is 0.510 bits per heavy atom. The van der Waals surface area contributed by atoms with Crippen molar-refractivity contribution >= 4 is 11.8 Å². The predicted octanol–water partition coefficient (Wildman–Crippen LogP) is -9.46. The molecule has 23 nitrogen and oxygen atoms in total. The van der Waals surface area contributed by atoms with Gasteiger partial charge in [-0.2, -0.15) is 0 Å². The fourth-order valence-electron chi connectivity index (χ4n) is 6.25. The maximum atomic E-state index is 12.2. The van der Waals surface area contributed by atoms with Crippen molar-refractivity contribution in [1.82, 2.24) is 10.6 Å². The molecule has 4 fully saturated rings. The summed E-state index contributed by atoms with van der Waals surface area (Å²) in [6.45, 7) is -0.998. The van der Waals surface area contributed by atoms with Gasteiger partial charge in [-0.3, -0.25) is 9.59 Å². The molecule has 4 aliphatic heterocycles. The van der Waals surface area contributed by atoms with Gasteiger partial charge in [0.1, 0.15) is 97.5 Å². The quantitative estimate of drug-likeness (QED) is 0.0881. The topological polar surface area (TPSA) is 366 Å². The largest absolute Gasteiger partial charge is 0.394 e. The van der Waals surface area contributed by atoms with Gasteiger partial charge in [-0.15, -0.1) is 0 Å². The lowest BCUT2D eigenvalue weighted by Crippen LogP contribution is -2.70. The van der Waals surface area contributed by atoms with E-state index in [4.69, 9.17) is 33.2 Å². The Bertz CT molecular complexity index is 1140. The van der Waals surface area contributed by atoms with Crippen LogP contribution in [0.25, 0.3) is 0 Å². The van der Waals surface area contributed by atoms with Crippen LogP contribution in [0.5, 0.6) is 0 Å². The molecule has 0 aromatic carbocycles. The highest BCUT2D eigenvalue weighted by molar-refractivity contribution is 5.73. The zero-order valence-electron chi connectivity index (χ0n) is 27.4. The number of aliphatic hydroxyl groups excluding tert-OH is 12. The molecule has 4 heterocycles. The molecule has 296 valence electrons. The molecular weight excluding hydrogens is 700 g/mol. The summed E-state index contributed by atoms with van der Waals surface area (Å²) < 4.78 is 38.9. The van der Waals surface area contributed by atoms with Gasteiger partial charge in [-0.25, -0.2) is 0 Å². The lowest BCUT2D eigenvalue weighted by molar-refractivity contribution is -0.365. The molecule has 0 aromatic rings. The number of nitrogens with one attached hydrogen (secondary N) is 2. The van der Waals surface area contributed by atoms with E-state index in [1.54, 1.807) is 0 Å². The van der Waals surface area contributed by atoms with Crippen molar-refractivity contribution in [2.24, 2.45) is 0 Å². The summed E-state index contributed by atoms with van der Waals surface area (Å²) in [4.78, 5) is 23.9. The number of carbonyl (C=O) groups is 2. The Morgan fingerprint density at radius 2 is 0.941 bits per heavy atom. The number of aliphatic hydroxyl groups is 12. The van der Waals surface area contributed by atoms with E-state index in [2.05, 4.69) is 10.6 Å². The molecule has 14 N–H and O–H groups in total. The molecule has 2 amide bonds. The predicted molar refractivity (Wildman–Crippen MR) is 157 cm³/mol. The molecule has 4 rings (SSSR count). The van der Waals surface area contributed by atoms with Crippen molar-refractivity contribution in [2.45, 2.75) is 137 Å². The standard InChI is InChI=1S/C28H48N2O21/c1-7(34)29-13-17(38)23(10(4-32)46-25(13)44)50-26-14(30-8(2)35)18(39)24(11(5-33)48-26)51-28-22(43)20(41)16(37)12(49-28)6-45-27-21(42)19(40)15(36)9(3-31)47-27/h9-28,31-33,36-44H,3-6H2,1-2H3,(H,29,34)(H,30,35)/t9-,10-,11-,12-,13-,14-,15-,16-,17-,18-,19+,20+,21+,22+,23-,24-,25-,26+,27+,28+/m1/s1. The molecule has 51 heavy (non-hydrogen) atoms. The Hall–Kier alpha value is -1.82. The van der Waals surface area contributed by atoms with E-state index < -0.39 is 161 Å². The zero-order chi connectivity index (χ0) is 37.9. The van der Waals surface area contributed by atoms with E-state index in [1.807, 2.05) is 0 Å².